The monoisotopic (exact) mass is 717 g/mol. The summed E-state index contributed by atoms with van der Waals surface area (Å²) in [6.07, 6.45) is 6.40. The first-order chi connectivity index (χ1) is 22.7. The Balaban J connectivity index is 1.45. The van der Waals surface area contributed by atoms with Gasteiger partial charge in [-0.3, -0.25) is 13.9 Å². The van der Waals surface area contributed by atoms with Gasteiger partial charge in [0.05, 0.1) is 11.9 Å². The van der Waals surface area contributed by atoms with Crippen molar-refractivity contribution in [1.82, 2.24) is 10.2 Å². The number of hydrogen-bond acceptors (Lipinski definition) is 5. The van der Waals surface area contributed by atoms with E-state index >= 15 is 0 Å². The first-order valence-electron chi connectivity index (χ1n) is 15.8. The number of nitrogens with one attached hydrogen (secondary N) is 1. The number of halogens is 1. The molecule has 4 aromatic carbocycles. The largest absolute Gasteiger partial charge is 0.457 e. The van der Waals surface area contributed by atoms with Gasteiger partial charge in [0.15, 0.2) is 0 Å². The molecular weight excluding hydrogens is 678 g/mol. The molecule has 47 heavy (non-hydrogen) atoms. The molecule has 0 heterocycles. The number of amides is 2. The molecule has 246 valence electrons. The maximum Gasteiger partial charge on any atom is 0.244 e. The van der Waals surface area contributed by atoms with Crippen LogP contribution in [-0.2, 0) is 32.6 Å². The van der Waals surface area contributed by atoms with Crippen LogP contribution in [0.15, 0.2) is 114 Å². The molecule has 5 rings (SSSR count). The molecule has 2 amide bonds. The second-order valence-electron chi connectivity index (χ2n) is 11.9. The summed E-state index contributed by atoms with van der Waals surface area (Å²) in [7, 11) is -3.89. The number of para-hydroxylation sites is 1. The number of rotatable bonds is 13. The zero-order valence-corrected chi connectivity index (χ0v) is 28.8. The van der Waals surface area contributed by atoms with E-state index in [9.17, 15) is 18.0 Å². The molecule has 1 aliphatic carbocycles. The van der Waals surface area contributed by atoms with E-state index in [1.54, 1.807) is 24.3 Å². The molecule has 1 N–H and O–H groups in total. The predicted octanol–water partition coefficient (Wildman–Crippen LogP) is 7.10. The summed E-state index contributed by atoms with van der Waals surface area (Å²) in [5.41, 5.74) is 2.04. The van der Waals surface area contributed by atoms with E-state index < -0.39 is 28.5 Å². The van der Waals surface area contributed by atoms with Crippen LogP contribution in [0.5, 0.6) is 11.5 Å². The zero-order valence-electron chi connectivity index (χ0n) is 26.4. The second-order valence-corrected chi connectivity index (χ2v) is 14.7. The van der Waals surface area contributed by atoms with E-state index in [1.807, 2.05) is 84.9 Å². The molecule has 0 aliphatic heterocycles. The number of nitrogens with zero attached hydrogens (tertiary/aromatic N) is 2. The SMILES string of the molecule is CS(=O)(=O)N(CC(=O)N(Cc1ccc(Br)cc1)[C@@H](Cc1ccccc1)C(=O)NC1CCCCC1)c1ccc(Oc2ccccc2)cc1. The number of benzene rings is 4. The lowest BCUT2D eigenvalue weighted by molar-refractivity contribution is -0.140. The quantitative estimate of drug-likeness (QED) is 0.159. The highest BCUT2D eigenvalue weighted by Crippen LogP contribution is 2.27. The number of carbonyl (C=O) groups is 2. The van der Waals surface area contributed by atoms with E-state index in [-0.39, 0.29) is 24.9 Å². The number of carbonyl (C=O) groups excluding carboxylic acids is 2. The van der Waals surface area contributed by atoms with Crippen molar-refractivity contribution >= 4 is 43.5 Å². The molecule has 4 aromatic rings. The Kier molecular flexibility index (Phi) is 11.7. The summed E-state index contributed by atoms with van der Waals surface area (Å²) in [6.45, 7) is -0.348. The fraction of sp³-hybridized carbons (Fsp3) is 0.297. The van der Waals surface area contributed by atoms with E-state index in [4.69, 9.17) is 4.74 Å². The van der Waals surface area contributed by atoms with Crippen LogP contribution in [0, 0.1) is 0 Å². The van der Waals surface area contributed by atoms with Gasteiger partial charge in [0.1, 0.15) is 24.1 Å². The van der Waals surface area contributed by atoms with Crippen LogP contribution in [0.25, 0.3) is 0 Å². The summed E-state index contributed by atoms with van der Waals surface area (Å²) in [5.74, 6) is 0.455. The highest BCUT2D eigenvalue weighted by atomic mass is 79.9. The Bertz CT molecular complexity index is 1710. The highest BCUT2D eigenvalue weighted by molar-refractivity contribution is 9.10. The molecule has 8 nitrogen and oxygen atoms in total. The third kappa shape index (κ3) is 9.92. The standard InChI is InChI=1S/C37H40BrN3O5S/c1-47(44,45)41(32-21-23-34(24-22-32)46-33-15-9-4-10-16-33)27-36(42)40(26-29-17-19-30(38)20-18-29)35(25-28-11-5-2-6-12-28)37(43)39-31-13-7-3-8-14-31/h2,4-6,9-12,15-24,31,35H,3,7-8,13-14,25-27H2,1H3,(H,39,43)/t35-/m0/s1. The van der Waals surface area contributed by atoms with Crippen molar-refractivity contribution in [3.63, 3.8) is 0 Å². The van der Waals surface area contributed by atoms with Gasteiger partial charge in [0.2, 0.25) is 21.8 Å². The van der Waals surface area contributed by atoms with Gasteiger partial charge in [-0.25, -0.2) is 8.42 Å². The summed E-state index contributed by atoms with van der Waals surface area (Å²) in [6, 6.07) is 32.1. The van der Waals surface area contributed by atoms with Crippen LogP contribution >= 0.6 is 15.9 Å². The molecule has 0 radical (unpaired) electrons. The number of hydrogen-bond donors (Lipinski definition) is 1. The smallest absolute Gasteiger partial charge is 0.244 e. The molecule has 1 fully saturated rings. The fourth-order valence-electron chi connectivity index (χ4n) is 5.80. The maximum atomic E-state index is 14.4. The second kappa shape index (κ2) is 16.1. The van der Waals surface area contributed by atoms with Gasteiger partial charge < -0.3 is 15.0 Å². The van der Waals surface area contributed by atoms with Gasteiger partial charge in [-0.15, -0.1) is 0 Å². The van der Waals surface area contributed by atoms with Crippen molar-refractivity contribution in [3.8, 4) is 11.5 Å². The van der Waals surface area contributed by atoms with Crippen LogP contribution in [0.2, 0.25) is 0 Å². The lowest BCUT2D eigenvalue weighted by Gasteiger charge is -2.35. The van der Waals surface area contributed by atoms with Crippen LogP contribution < -0.4 is 14.4 Å². The third-order valence-corrected chi connectivity index (χ3v) is 9.94. The number of anilines is 1. The van der Waals surface area contributed by atoms with Crippen LogP contribution in [0.3, 0.4) is 0 Å². The molecular formula is C37H40BrN3O5S. The van der Waals surface area contributed by atoms with Crippen LogP contribution in [-0.4, -0.2) is 50.0 Å². The molecule has 0 aromatic heterocycles. The molecule has 0 saturated heterocycles. The molecule has 1 aliphatic rings. The number of ether oxygens (including phenoxy) is 1. The van der Waals surface area contributed by atoms with Gasteiger partial charge in [-0.1, -0.05) is 95.9 Å². The number of sulfonamides is 1. The molecule has 0 spiro atoms. The van der Waals surface area contributed by atoms with E-state index in [0.717, 1.165) is 58.3 Å². The molecule has 1 atom stereocenters. The zero-order chi connectivity index (χ0) is 33.2. The molecule has 1 saturated carbocycles. The Morgan fingerprint density at radius 2 is 1.40 bits per heavy atom. The van der Waals surface area contributed by atoms with Crippen molar-refractivity contribution in [2.24, 2.45) is 0 Å². The highest BCUT2D eigenvalue weighted by Gasteiger charge is 2.34. The van der Waals surface area contributed by atoms with E-state index in [2.05, 4.69) is 21.2 Å². The lowest BCUT2D eigenvalue weighted by atomic mass is 9.94. The Labute approximate surface area is 285 Å². The van der Waals surface area contributed by atoms with E-state index in [1.165, 1.54) is 4.90 Å². The fourth-order valence-corrected chi connectivity index (χ4v) is 6.92. The van der Waals surface area contributed by atoms with Gasteiger partial charge in [0.25, 0.3) is 0 Å². The minimum atomic E-state index is -3.89. The van der Waals surface area contributed by atoms with Crippen molar-refractivity contribution in [3.05, 3.63) is 125 Å². The summed E-state index contributed by atoms with van der Waals surface area (Å²) < 4.78 is 34.2. The first-order valence-corrected chi connectivity index (χ1v) is 18.5. The average molecular weight is 719 g/mol. The molecule has 0 unspecified atom stereocenters. The van der Waals surface area contributed by atoms with Crippen molar-refractivity contribution in [1.29, 1.82) is 0 Å². The Morgan fingerprint density at radius 3 is 2.02 bits per heavy atom. The van der Waals surface area contributed by atoms with Crippen molar-refractivity contribution in [2.45, 2.75) is 57.2 Å². The minimum absolute atomic E-state index is 0.0447. The summed E-state index contributed by atoms with van der Waals surface area (Å²) in [5, 5.41) is 3.22. The summed E-state index contributed by atoms with van der Waals surface area (Å²) >= 11 is 3.47. The van der Waals surface area contributed by atoms with Gasteiger partial charge in [-0.2, -0.15) is 0 Å². The predicted molar refractivity (Wildman–Crippen MR) is 189 cm³/mol. The minimum Gasteiger partial charge on any atom is -0.457 e. The van der Waals surface area contributed by atoms with Gasteiger partial charge in [-0.05, 0) is 72.5 Å². The third-order valence-electron chi connectivity index (χ3n) is 8.27. The topological polar surface area (TPSA) is 96.0 Å². The van der Waals surface area contributed by atoms with E-state index in [0.29, 0.717) is 17.2 Å². The van der Waals surface area contributed by atoms with Gasteiger partial charge >= 0.3 is 0 Å². The van der Waals surface area contributed by atoms with Crippen LogP contribution in [0.1, 0.15) is 43.2 Å². The van der Waals surface area contributed by atoms with Gasteiger partial charge in [0, 0.05) is 23.5 Å². The maximum absolute atomic E-state index is 14.4. The Hall–Kier alpha value is -4.15. The molecule has 10 heteroatoms. The summed E-state index contributed by atoms with van der Waals surface area (Å²) in [4.78, 5) is 30.0. The van der Waals surface area contributed by atoms with Crippen molar-refractivity contribution in [2.75, 3.05) is 17.1 Å². The normalized spacial score (nSPS) is 14.2. The van der Waals surface area contributed by atoms with Crippen molar-refractivity contribution < 1.29 is 22.7 Å². The molecule has 0 bridgehead atoms. The first kappa shape index (κ1) is 34.2. The average Bonchev–Trinajstić information content (AvgIpc) is 3.07. The Morgan fingerprint density at radius 1 is 0.809 bits per heavy atom. The van der Waals surface area contributed by atoms with Crippen LogP contribution in [0.4, 0.5) is 5.69 Å². The lowest BCUT2D eigenvalue weighted by Crippen LogP contribution is -2.55.